The van der Waals surface area contributed by atoms with Crippen molar-refractivity contribution in [2.45, 2.75) is 52.6 Å². The van der Waals surface area contributed by atoms with Crippen LogP contribution in [0.15, 0.2) is 146 Å². The molecule has 252 valence electrons. The number of halogens is 2. The Morgan fingerprint density at radius 3 is 1.12 bits per heavy atom. The fourth-order valence-electron chi connectivity index (χ4n) is 6.57. The second-order valence-electron chi connectivity index (χ2n) is 13.1. The molecule has 0 nitrogen and oxygen atoms in total. The van der Waals surface area contributed by atoms with Gasteiger partial charge >= 0.3 is 35.6 Å². The molecule has 0 spiro atoms. The third-order valence-corrected chi connectivity index (χ3v) is 9.04. The maximum absolute atomic E-state index is 4.89. The van der Waals surface area contributed by atoms with Gasteiger partial charge in [-0.25, -0.2) is 0 Å². The minimum atomic E-state index is -0.556. The summed E-state index contributed by atoms with van der Waals surface area (Å²) >= 11 is -0.556. The van der Waals surface area contributed by atoms with Crippen LogP contribution in [-0.2, 0) is 17.0 Å². The van der Waals surface area contributed by atoms with Crippen LogP contribution in [0.2, 0.25) is 13.1 Å². The van der Waals surface area contributed by atoms with E-state index in [1.807, 2.05) is 0 Å². The van der Waals surface area contributed by atoms with Crippen molar-refractivity contribution in [2.75, 3.05) is 0 Å². The molecular formula is C46H44Cl2SiTi-2. The first-order valence-corrected chi connectivity index (χ1v) is 23.5. The first kappa shape index (κ1) is 37.8. The van der Waals surface area contributed by atoms with Crippen LogP contribution >= 0.6 is 18.6 Å². The molecule has 4 heteroatoms. The molecule has 0 aliphatic heterocycles. The molecule has 0 N–H and O–H groups in total. The van der Waals surface area contributed by atoms with Gasteiger partial charge in [-0.15, -0.1) is 69.1 Å². The van der Waals surface area contributed by atoms with Gasteiger partial charge in [0.15, 0.2) is 0 Å². The van der Waals surface area contributed by atoms with Gasteiger partial charge in [0.05, 0.1) is 0 Å². The molecule has 8 rings (SSSR count). The van der Waals surface area contributed by atoms with Gasteiger partial charge in [-0.3, -0.25) is 0 Å². The Labute approximate surface area is 317 Å². The van der Waals surface area contributed by atoms with Crippen LogP contribution in [0.5, 0.6) is 0 Å². The molecule has 0 aromatic heterocycles. The summed E-state index contributed by atoms with van der Waals surface area (Å²) < 4.78 is 0. The molecule has 0 atom stereocenters. The monoisotopic (exact) mass is 742 g/mol. The van der Waals surface area contributed by atoms with E-state index in [9.17, 15) is 0 Å². The number of benzene rings is 6. The van der Waals surface area contributed by atoms with E-state index >= 15 is 0 Å². The van der Waals surface area contributed by atoms with Gasteiger partial charge in [-0.1, -0.05) is 149 Å². The van der Waals surface area contributed by atoms with Crippen molar-refractivity contribution in [3.05, 3.63) is 157 Å². The summed E-state index contributed by atoms with van der Waals surface area (Å²) in [6.45, 7) is 13.3. The third-order valence-electron chi connectivity index (χ3n) is 9.04. The van der Waals surface area contributed by atoms with Crippen LogP contribution in [0.25, 0.3) is 65.3 Å². The quantitative estimate of drug-likeness (QED) is 0.124. The van der Waals surface area contributed by atoms with Crippen LogP contribution in [0.1, 0.15) is 50.7 Å². The van der Waals surface area contributed by atoms with E-state index in [-0.39, 0.29) is 0 Å². The molecule has 50 heavy (non-hydrogen) atoms. The molecule has 0 saturated carbocycles. The molecule has 0 unspecified atom stereocenters. The summed E-state index contributed by atoms with van der Waals surface area (Å²) in [5.74, 6) is 1.13. The summed E-state index contributed by atoms with van der Waals surface area (Å²) in [5.41, 5.74) is 8.15. The Hall–Kier alpha value is -3.43. The average Bonchev–Trinajstić information content (AvgIpc) is 3.78. The van der Waals surface area contributed by atoms with Crippen LogP contribution < -0.4 is 0 Å². The van der Waals surface area contributed by atoms with Gasteiger partial charge in [-0.2, -0.15) is 12.1 Å². The zero-order valence-electron chi connectivity index (χ0n) is 29.8. The Bertz CT molecular complexity index is 2120. The van der Waals surface area contributed by atoms with Gasteiger partial charge < -0.3 is 0 Å². The molecule has 2 radical (unpaired) electrons. The summed E-state index contributed by atoms with van der Waals surface area (Å²) in [5, 5.41) is 10.7. The molecule has 8 aromatic rings. The summed E-state index contributed by atoms with van der Waals surface area (Å²) in [6.07, 6.45) is 0. The van der Waals surface area contributed by atoms with Crippen LogP contribution in [0.3, 0.4) is 0 Å². The van der Waals surface area contributed by atoms with E-state index < -0.39 is 17.0 Å². The van der Waals surface area contributed by atoms with Crippen molar-refractivity contribution < 1.29 is 17.0 Å². The standard InChI is InChI=1S/2C22H19.C2H6Si.2ClH.Ti/c2*1-15(2)18-13-17-9-6-12-21(22(17)14-18)20-11-5-8-16-7-3-4-10-19(16)20;1-3-2;;;/h2*3-15H,1-2H3;1-2H3;2*1H;/q2*-1;;;;+2/p-2. The fourth-order valence-corrected chi connectivity index (χ4v) is 6.57. The predicted molar refractivity (Wildman–Crippen MR) is 222 cm³/mol. The van der Waals surface area contributed by atoms with Crippen LogP contribution in [0, 0.1) is 0 Å². The van der Waals surface area contributed by atoms with Crippen molar-refractivity contribution in [1.29, 1.82) is 0 Å². The normalized spacial score (nSPS) is 10.8. The van der Waals surface area contributed by atoms with Crippen molar-refractivity contribution in [2.24, 2.45) is 0 Å². The third kappa shape index (κ3) is 8.71. The second-order valence-corrected chi connectivity index (χ2v) is 16.7. The second kappa shape index (κ2) is 18.2. The summed E-state index contributed by atoms with van der Waals surface area (Å²) in [7, 11) is 10.9. The average molecular weight is 744 g/mol. The zero-order chi connectivity index (χ0) is 35.6. The van der Waals surface area contributed by atoms with Crippen molar-refractivity contribution in [3.63, 3.8) is 0 Å². The van der Waals surface area contributed by atoms with Gasteiger partial charge in [-0.05, 0) is 44.5 Å². The summed E-state index contributed by atoms with van der Waals surface area (Å²) in [6, 6.07) is 53.0. The van der Waals surface area contributed by atoms with E-state index in [0.717, 1.165) is 9.52 Å². The molecule has 0 bridgehead atoms. The van der Waals surface area contributed by atoms with Gasteiger partial charge in [0.25, 0.3) is 0 Å². The van der Waals surface area contributed by atoms with E-state index in [4.69, 9.17) is 18.6 Å². The maximum atomic E-state index is 4.89. The number of hydrogen-bond acceptors (Lipinski definition) is 0. The number of hydrogen-bond donors (Lipinski definition) is 0. The Balaban J connectivity index is 0.000000168. The topological polar surface area (TPSA) is 0 Å². The van der Waals surface area contributed by atoms with Gasteiger partial charge in [0.2, 0.25) is 0 Å². The van der Waals surface area contributed by atoms with Crippen LogP contribution in [-0.4, -0.2) is 9.52 Å². The Kier molecular flexibility index (Phi) is 13.7. The fraction of sp³-hybridized carbons (Fsp3) is 0.174. The molecule has 0 amide bonds. The van der Waals surface area contributed by atoms with E-state index in [2.05, 4.69) is 186 Å². The molecule has 0 fully saturated rings. The molecule has 0 aliphatic rings. The van der Waals surface area contributed by atoms with E-state index in [0.29, 0.717) is 11.8 Å². The van der Waals surface area contributed by atoms with Crippen molar-refractivity contribution in [3.8, 4) is 22.3 Å². The minimum absolute atomic E-state index is 0.556. The Morgan fingerprint density at radius 2 is 0.760 bits per heavy atom. The van der Waals surface area contributed by atoms with Gasteiger partial charge in [0.1, 0.15) is 0 Å². The summed E-state index contributed by atoms with van der Waals surface area (Å²) in [4.78, 5) is 0. The van der Waals surface area contributed by atoms with Gasteiger partial charge in [0, 0.05) is 9.52 Å². The first-order chi connectivity index (χ1) is 24.3. The van der Waals surface area contributed by atoms with E-state index in [1.165, 1.54) is 76.5 Å². The zero-order valence-corrected chi connectivity index (χ0v) is 33.8. The van der Waals surface area contributed by atoms with E-state index in [1.54, 1.807) is 0 Å². The first-order valence-electron chi connectivity index (χ1n) is 17.2. The predicted octanol–water partition coefficient (Wildman–Crippen LogP) is 15.2. The number of fused-ring (bicyclic) bond motifs is 4. The molecule has 0 aliphatic carbocycles. The molecule has 0 heterocycles. The molecule has 8 aromatic carbocycles. The molecule has 0 saturated heterocycles. The SMILES string of the molecule is CC(C)c1cc2c(-c3cccc4ccccc34)cccc2[cH-]1.CC(C)c1cc2c(-c3cccc4ccccc34)cccc2[cH-]1.C[Si]C.[Cl][Ti][Cl]. The Morgan fingerprint density at radius 1 is 0.460 bits per heavy atom. The molecular weight excluding hydrogens is 699 g/mol. The van der Waals surface area contributed by atoms with Crippen LogP contribution in [0.4, 0.5) is 0 Å². The van der Waals surface area contributed by atoms with Crippen molar-refractivity contribution in [1.82, 2.24) is 0 Å². The van der Waals surface area contributed by atoms with Crippen molar-refractivity contribution >= 4 is 71.2 Å². The number of rotatable bonds is 4.